The largest absolute Gasteiger partial charge is 0.465 e. The van der Waals surface area contributed by atoms with Gasteiger partial charge in [0.15, 0.2) is 0 Å². The van der Waals surface area contributed by atoms with Gasteiger partial charge in [-0.2, -0.15) is 5.26 Å². The minimum atomic E-state index is -0.995. The molecule has 1 N–H and O–H groups in total. The van der Waals surface area contributed by atoms with Crippen LogP contribution in [0, 0.1) is 11.3 Å². The van der Waals surface area contributed by atoms with E-state index in [4.69, 9.17) is 16.3 Å². The summed E-state index contributed by atoms with van der Waals surface area (Å²) < 4.78 is 6.70. The van der Waals surface area contributed by atoms with Crippen molar-refractivity contribution in [2.75, 3.05) is 4.90 Å². The normalized spacial score (nSPS) is 16.1. The molecule has 0 saturated carbocycles. The molecule has 0 saturated heterocycles. The monoisotopic (exact) mass is 420 g/mol. The summed E-state index contributed by atoms with van der Waals surface area (Å²) in [5, 5.41) is 19.3. The number of carbonyl (C=O) groups is 1. The molecule has 2 aromatic rings. The van der Waals surface area contributed by atoms with Crippen molar-refractivity contribution < 1.29 is 14.6 Å². The number of ether oxygens (including phenoxy) is 1. The molecule has 1 amide bonds. The fourth-order valence-corrected chi connectivity index (χ4v) is 3.59. The molecule has 1 heterocycles. The minimum Gasteiger partial charge on any atom is -0.465 e. The van der Waals surface area contributed by atoms with Gasteiger partial charge in [0, 0.05) is 16.6 Å². The zero-order valence-electron chi connectivity index (χ0n) is 13.3. The number of benzene rings is 2. The molecule has 7 heteroatoms. The topological polar surface area (TPSA) is 73.6 Å². The van der Waals surface area contributed by atoms with Gasteiger partial charge in [0.05, 0.1) is 15.7 Å². The number of amides is 1. The summed E-state index contributed by atoms with van der Waals surface area (Å²) in [6.45, 7) is 1.88. The molecule has 0 bridgehead atoms. The Labute approximate surface area is 158 Å². The summed E-state index contributed by atoms with van der Waals surface area (Å²) in [6, 6.07) is 10.3. The highest BCUT2D eigenvalue weighted by Crippen LogP contribution is 2.43. The van der Waals surface area contributed by atoms with Crippen molar-refractivity contribution in [3.8, 4) is 17.6 Å². The SMILES string of the molecule is C[C@H]1CCc2c(ccc(Br)c2Oc2ccc(Cl)cc2C#N)N1C(=O)O. The van der Waals surface area contributed by atoms with Crippen LogP contribution in [0.25, 0.3) is 0 Å². The molecule has 1 aliphatic heterocycles. The van der Waals surface area contributed by atoms with Crippen LogP contribution in [-0.2, 0) is 6.42 Å². The van der Waals surface area contributed by atoms with E-state index in [0.29, 0.717) is 45.1 Å². The Morgan fingerprint density at radius 3 is 2.88 bits per heavy atom. The Balaban J connectivity index is 2.10. The molecule has 0 radical (unpaired) electrons. The third kappa shape index (κ3) is 3.30. The van der Waals surface area contributed by atoms with Crippen LogP contribution in [0.4, 0.5) is 10.5 Å². The first-order valence-corrected chi connectivity index (χ1v) is 8.80. The molecule has 0 aromatic heterocycles. The summed E-state index contributed by atoms with van der Waals surface area (Å²) in [5.74, 6) is 0.899. The number of carboxylic acid groups (broad SMARTS) is 1. The molecule has 3 rings (SSSR count). The molecular formula is C18H14BrClN2O3. The van der Waals surface area contributed by atoms with E-state index in [2.05, 4.69) is 22.0 Å². The van der Waals surface area contributed by atoms with Gasteiger partial charge in [-0.3, -0.25) is 4.90 Å². The van der Waals surface area contributed by atoms with Gasteiger partial charge in [0.1, 0.15) is 17.6 Å². The number of rotatable bonds is 2. The summed E-state index contributed by atoms with van der Waals surface area (Å²) in [6.07, 6.45) is 0.383. The van der Waals surface area contributed by atoms with E-state index in [0.717, 1.165) is 5.56 Å². The van der Waals surface area contributed by atoms with E-state index in [1.165, 1.54) is 11.0 Å². The van der Waals surface area contributed by atoms with Gasteiger partial charge in [-0.25, -0.2) is 4.79 Å². The lowest BCUT2D eigenvalue weighted by molar-refractivity contribution is 0.198. The van der Waals surface area contributed by atoms with Crippen molar-refractivity contribution in [3.05, 3.63) is 51.0 Å². The Kier molecular flexibility index (Phi) is 4.89. The van der Waals surface area contributed by atoms with Gasteiger partial charge in [0.2, 0.25) is 0 Å². The van der Waals surface area contributed by atoms with Crippen LogP contribution < -0.4 is 9.64 Å². The second kappa shape index (κ2) is 6.95. The first-order valence-electron chi connectivity index (χ1n) is 7.63. The Morgan fingerprint density at radius 2 is 2.20 bits per heavy atom. The molecule has 2 aromatic carbocycles. The molecule has 0 fully saturated rings. The van der Waals surface area contributed by atoms with Crippen LogP contribution in [0.1, 0.15) is 24.5 Å². The van der Waals surface area contributed by atoms with Gasteiger partial charge < -0.3 is 9.84 Å². The summed E-state index contributed by atoms with van der Waals surface area (Å²) >= 11 is 9.39. The zero-order valence-corrected chi connectivity index (χ0v) is 15.6. The van der Waals surface area contributed by atoms with Crippen LogP contribution in [0.5, 0.6) is 11.5 Å². The number of hydrogen-bond acceptors (Lipinski definition) is 3. The molecular weight excluding hydrogens is 408 g/mol. The summed E-state index contributed by atoms with van der Waals surface area (Å²) in [4.78, 5) is 13.0. The molecule has 5 nitrogen and oxygen atoms in total. The van der Waals surface area contributed by atoms with E-state index >= 15 is 0 Å². The molecule has 0 spiro atoms. The second-order valence-electron chi connectivity index (χ2n) is 5.77. The fourth-order valence-electron chi connectivity index (χ4n) is 2.97. The number of hydrogen-bond donors (Lipinski definition) is 1. The molecule has 1 aliphatic rings. The lowest BCUT2D eigenvalue weighted by Gasteiger charge is -2.34. The lowest BCUT2D eigenvalue weighted by Crippen LogP contribution is -2.41. The maximum absolute atomic E-state index is 11.6. The van der Waals surface area contributed by atoms with Crippen molar-refractivity contribution >= 4 is 39.3 Å². The minimum absolute atomic E-state index is 0.107. The zero-order chi connectivity index (χ0) is 18.1. The van der Waals surface area contributed by atoms with E-state index in [1.807, 2.05) is 6.92 Å². The van der Waals surface area contributed by atoms with Gasteiger partial charge in [-0.1, -0.05) is 11.6 Å². The third-order valence-corrected chi connectivity index (χ3v) is 5.04. The highest BCUT2D eigenvalue weighted by molar-refractivity contribution is 9.10. The number of nitriles is 1. The highest BCUT2D eigenvalue weighted by atomic mass is 79.9. The maximum Gasteiger partial charge on any atom is 0.412 e. The van der Waals surface area contributed by atoms with E-state index < -0.39 is 6.09 Å². The van der Waals surface area contributed by atoms with Crippen molar-refractivity contribution in [3.63, 3.8) is 0 Å². The first kappa shape index (κ1) is 17.6. The average Bonchev–Trinajstić information content (AvgIpc) is 2.58. The van der Waals surface area contributed by atoms with Crippen molar-refractivity contribution in [2.45, 2.75) is 25.8 Å². The Morgan fingerprint density at radius 1 is 1.44 bits per heavy atom. The van der Waals surface area contributed by atoms with Crippen LogP contribution in [0.15, 0.2) is 34.8 Å². The Hall–Kier alpha value is -2.23. The molecule has 0 aliphatic carbocycles. The predicted molar refractivity (Wildman–Crippen MR) is 98.7 cm³/mol. The number of halogens is 2. The second-order valence-corrected chi connectivity index (χ2v) is 7.06. The quantitative estimate of drug-likeness (QED) is 0.686. The fraction of sp³-hybridized carbons (Fsp3) is 0.222. The van der Waals surface area contributed by atoms with E-state index in [1.54, 1.807) is 24.3 Å². The smallest absolute Gasteiger partial charge is 0.412 e. The van der Waals surface area contributed by atoms with Gasteiger partial charge in [0.25, 0.3) is 0 Å². The van der Waals surface area contributed by atoms with Gasteiger partial charge in [-0.05, 0) is 66.0 Å². The van der Waals surface area contributed by atoms with Gasteiger partial charge in [-0.15, -0.1) is 0 Å². The summed E-state index contributed by atoms with van der Waals surface area (Å²) in [7, 11) is 0. The van der Waals surface area contributed by atoms with E-state index in [9.17, 15) is 15.2 Å². The summed E-state index contributed by atoms with van der Waals surface area (Å²) in [5.41, 5.74) is 1.72. The van der Waals surface area contributed by atoms with Crippen molar-refractivity contribution in [1.29, 1.82) is 5.26 Å². The van der Waals surface area contributed by atoms with Crippen LogP contribution in [0.3, 0.4) is 0 Å². The molecule has 128 valence electrons. The number of fused-ring (bicyclic) bond motifs is 1. The average molecular weight is 422 g/mol. The molecule has 1 atom stereocenters. The molecule has 0 unspecified atom stereocenters. The van der Waals surface area contributed by atoms with Crippen LogP contribution >= 0.6 is 27.5 Å². The third-order valence-electron chi connectivity index (χ3n) is 4.18. The van der Waals surface area contributed by atoms with Crippen LogP contribution in [-0.4, -0.2) is 17.2 Å². The first-order chi connectivity index (χ1) is 11.9. The standard InChI is InChI=1S/C18H14BrClN2O3/c1-10-2-4-13-15(22(10)18(23)24)6-5-14(19)17(13)25-16-7-3-12(20)8-11(16)9-21/h3,5-8,10H,2,4H2,1H3,(H,23,24)/t10-/m0/s1. The number of anilines is 1. The highest BCUT2D eigenvalue weighted by Gasteiger charge is 2.31. The number of nitrogens with zero attached hydrogens (tertiary/aromatic N) is 2. The maximum atomic E-state index is 11.6. The lowest BCUT2D eigenvalue weighted by atomic mass is 9.96. The van der Waals surface area contributed by atoms with Crippen molar-refractivity contribution in [1.82, 2.24) is 0 Å². The predicted octanol–water partition coefficient (Wildman–Crippen LogP) is 5.59. The van der Waals surface area contributed by atoms with E-state index in [-0.39, 0.29) is 6.04 Å². The van der Waals surface area contributed by atoms with Crippen LogP contribution in [0.2, 0.25) is 5.02 Å². The van der Waals surface area contributed by atoms with Crippen molar-refractivity contribution in [2.24, 2.45) is 0 Å². The van der Waals surface area contributed by atoms with Gasteiger partial charge >= 0.3 is 6.09 Å². The Bertz CT molecular complexity index is 895. The molecule has 25 heavy (non-hydrogen) atoms.